The number of aromatic nitrogens is 2. The van der Waals surface area contributed by atoms with E-state index in [-0.39, 0.29) is 22.6 Å². The Balaban J connectivity index is 1.39. The maximum absolute atomic E-state index is 12.8. The second-order valence-corrected chi connectivity index (χ2v) is 7.96. The van der Waals surface area contributed by atoms with Crippen molar-refractivity contribution in [2.75, 3.05) is 19.6 Å². The van der Waals surface area contributed by atoms with Crippen molar-refractivity contribution in [3.05, 3.63) is 63.4 Å². The number of carbonyl (C=O) groups is 1. The molecule has 1 N–H and O–H groups in total. The van der Waals surface area contributed by atoms with Gasteiger partial charge in [0.05, 0.1) is 5.56 Å². The Bertz CT molecular complexity index is 1100. The summed E-state index contributed by atoms with van der Waals surface area (Å²) in [5.41, 5.74) is 2.80. The van der Waals surface area contributed by atoms with Crippen LogP contribution in [0.2, 0.25) is 0 Å². The van der Waals surface area contributed by atoms with E-state index in [9.17, 15) is 9.59 Å². The highest BCUT2D eigenvalue weighted by atomic mass is 16.3. The number of nitrogens with one attached hydrogen (secondary N) is 1. The van der Waals surface area contributed by atoms with Crippen molar-refractivity contribution in [2.45, 2.75) is 26.8 Å². The van der Waals surface area contributed by atoms with Crippen LogP contribution in [0.5, 0.6) is 0 Å². The van der Waals surface area contributed by atoms with Crippen LogP contribution in [0.3, 0.4) is 0 Å². The molecule has 0 radical (unpaired) electrons. The van der Waals surface area contributed by atoms with Crippen molar-refractivity contribution in [2.24, 2.45) is 13.0 Å². The lowest BCUT2D eigenvalue weighted by molar-refractivity contribution is 0.0947. The van der Waals surface area contributed by atoms with Gasteiger partial charge in [0.15, 0.2) is 0 Å². The lowest BCUT2D eigenvalue weighted by atomic mass is 10.1. The summed E-state index contributed by atoms with van der Waals surface area (Å²) in [5.74, 6) is 0.535. The van der Waals surface area contributed by atoms with Crippen molar-refractivity contribution in [1.29, 1.82) is 0 Å². The fraction of sp³-hybridized carbons (Fsp3) is 0.409. The van der Waals surface area contributed by atoms with Gasteiger partial charge >= 0.3 is 0 Å². The lowest BCUT2D eigenvalue weighted by Crippen LogP contribution is -2.32. The first-order chi connectivity index (χ1) is 13.9. The fourth-order valence-corrected chi connectivity index (χ4v) is 3.96. The monoisotopic (exact) mass is 394 g/mol. The standard InChI is InChI=1S/C22H26N4O3/c1-14-4-6-16(7-5-14)11-26-9-8-17(12-26)10-23-20(27)18-15(2)29-21-19(18)22(28)25(3)13-24-21/h4-7,13,17H,8-12H2,1-3H3,(H,23,27)/t17-/m1/s1. The van der Waals surface area contributed by atoms with Gasteiger partial charge in [-0.15, -0.1) is 0 Å². The molecular weight excluding hydrogens is 368 g/mol. The first-order valence-electron chi connectivity index (χ1n) is 9.93. The Labute approximate surface area is 169 Å². The fourth-order valence-electron chi connectivity index (χ4n) is 3.96. The number of furan rings is 1. The highest BCUT2D eigenvalue weighted by molar-refractivity contribution is 6.06. The SMILES string of the molecule is Cc1ccc(CN2CC[C@H](CNC(=O)c3c(C)oc4ncn(C)c(=O)c34)C2)cc1. The summed E-state index contributed by atoms with van der Waals surface area (Å²) < 4.78 is 6.88. The molecule has 1 saturated heterocycles. The number of nitrogens with zero attached hydrogens (tertiary/aromatic N) is 3. The van der Waals surface area contributed by atoms with E-state index in [1.54, 1.807) is 14.0 Å². The minimum absolute atomic E-state index is 0.209. The van der Waals surface area contributed by atoms with Gasteiger partial charge < -0.3 is 14.3 Å². The molecule has 1 aromatic carbocycles. The molecule has 2 aromatic heterocycles. The Morgan fingerprint density at radius 3 is 2.79 bits per heavy atom. The number of hydrogen-bond donors (Lipinski definition) is 1. The largest absolute Gasteiger partial charge is 0.442 e. The summed E-state index contributed by atoms with van der Waals surface area (Å²) in [6, 6.07) is 8.62. The number of carbonyl (C=O) groups excluding carboxylic acids is 1. The van der Waals surface area contributed by atoms with E-state index in [0.717, 1.165) is 26.1 Å². The molecule has 0 saturated carbocycles. The molecular formula is C22H26N4O3. The zero-order valence-electron chi connectivity index (χ0n) is 17.1. The molecule has 3 aromatic rings. The van der Waals surface area contributed by atoms with Crippen molar-refractivity contribution < 1.29 is 9.21 Å². The summed E-state index contributed by atoms with van der Waals surface area (Å²) in [4.78, 5) is 31.8. The molecule has 29 heavy (non-hydrogen) atoms. The van der Waals surface area contributed by atoms with E-state index in [0.29, 0.717) is 23.8 Å². The number of benzene rings is 1. The van der Waals surface area contributed by atoms with Gasteiger partial charge in [0.1, 0.15) is 17.5 Å². The molecule has 0 unspecified atom stereocenters. The van der Waals surface area contributed by atoms with Crippen LogP contribution in [0, 0.1) is 19.8 Å². The molecule has 0 spiro atoms. The molecule has 1 fully saturated rings. The van der Waals surface area contributed by atoms with Crippen molar-refractivity contribution >= 4 is 17.0 Å². The summed E-state index contributed by atoms with van der Waals surface area (Å²) in [5, 5.41) is 3.24. The van der Waals surface area contributed by atoms with Gasteiger partial charge in [-0.3, -0.25) is 14.5 Å². The number of amides is 1. The first kappa shape index (κ1) is 19.4. The first-order valence-corrected chi connectivity index (χ1v) is 9.93. The van der Waals surface area contributed by atoms with Gasteiger partial charge in [0.25, 0.3) is 11.5 Å². The van der Waals surface area contributed by atoms with E-state index in [2.05, 4.69) is 46.4 Å². The van der Waals surface area contributed by atoms with E-state index < -0.39 is 0 Å². The molecule has 0 bridgehead atoms. The third kappa shape index (κ3) is 3.96. The van der Waals surface area contributed by atoms with Crippen molar-refractivity contribution in [3.8, 4) is 0 Å². The Kier molecular flexibility index (Phi) is 5.24. The van der Waals surface area contributed by atoms with E-state index in [1.807, 2.05) is 0 Å². The minimum Gasteiger partial charge on any atom is -0.442 e. The van der Waals surface area contributed by atoms with Crippen LogP contribution in [0.15, 0.2) is 39.8 Å². The van der Waals surface area contributed by atoms with Crippen molar-refractivity contribution in [1.82, 2.24) is 19.8 Å². The third-order valence-corrected chi connectivity index (χ3v) is 5.62. The van der Waals surface area contributed by atoms with E-state index in [4.69, 9.17) is 4.42 Å². The van der Waals surface area contributed by atoms with Crippen LogP contribution in [0.25, 0.3) is 11.1 Å². The van der Waals surface area contributed by atoms with Gasteiger partial charge in [-0.25, -0.2) is 4.98 Å². The molecule has 7 heteroatoms. The normalized spacial score (nSPS) is 17.1. The average molecular weight is 394 g/mol. The number of aryl methyl sites for hydroxylation is 3. The number of hydrogen-bond acceptors (Lipinski definition) is 5. The Morgan fingerprint density at radius 2 is 2.03 bits per heavy atom. The molecule has 1 amide bonds. The van der Waals surface area contributed by atoms with Crippen LogP contribution >= 0.6 is 0 Å². The number of rotatable bonds is 5. The lowest BCUT2D eigenvalue weighted by Gasteiger charge is -2.16. The van der Waals surface area contributed by atoms with E-state index in [1.165, 1.54) is 22.0 Å². The molecule has 1 aliphatic heterocycles. The molecule has 1 atom stereocenters. The Morgan fingerprint density at radius 1 is 1.28 bits per heavy atom. The van der Waals surface area contributed by atoms with Crippen LogP contribution in [-0.4, -0.2) is 40.0 Å². The van der Waals surface area contributed by atoms with Crippen LogP contribution in [0.1, 0.15) is 33.7 Å². The Hall–Kier alpha value is -2.93. The minimum atomic E-state index is -0.276. The molecule has 4 rings (SSSR count). The quantitative estimate of drug-likeness (QED) is 0.719. The second-order valence-electron chi connectivity index (χ2n) is 7.96. The van der Waals surface area contributed by atoms with Crippen LogP contribution in [-0.2, 0) is 13.6 Å². The average Bonchev–Trinajstić information content (AvgIpc) is 3.28. The summed E-state index contributed by atoms with van der Waals surface area (Å²) in [6.45, 7) is 7.26. The third-order valence-electron chi connectivity index (χ3n) is 5.62. The van der Waals surface area contributed by atoms with Gasteiger partial charge in [-0.05, 0) is 38.3 Å². The predicted octanol–water partition coefficient (Wildman–Crippen LogP) is 2.40. The van der Waals surface area contributed by atoms with Crippen molar-refractivity contribution in [3.63, 3.8) is 0 Å². The molecule has 1 aliphatic rings. The van der Waals surface area contributed by atoms with Gasteiger partial charge in [-0.2, -0.15) is 0 Å². The second kappa shape index (κ2) is 7.83. The maximum atomic E-state index is 12.8. The number of likely N-dealkylation sites (tertiary alicyclic amines) is 1. The summed E-state index contributed by atoms with van der Waals surface area (Å²) in [7, 11) is 1.61. The van der Waals surface area contributed by atoms with E-state index >= 15 is 0 Å². The van der Waals surface area contributed by atoms with Crippen LogP contribution < -0.4 is 10.9 Å². The predicted molar refractivity (Wildman–Crippen MR) is 111 cm³/mol. The van der Waals surface area contributed by atoms with Gasteiger partial charge in [0, 0.05) is 26.7 Å². The molecule has 0 aliphatic carbocycles. The highest BCUT2D eigenvalue weighted by Gasteiger charge is 2.26. The maximum Gasteiger partial charge on any atom is 0.265 e. The molecule has 7 nitrogen and oxygen atoms in total. The zero-order valence-corrected chi connectivity index (χ0v) is 17.1. The zero-order chi connectivity index (χ0) is 20.5. The number of fused-ring (bicyclic) bond motifs is 1. The van der Waals surface area contributed by atoms with Crippen LogP contribution in [0.4, 0.5) is 0 Å². The molecule has 3 heterocycles. The molecule has 152 valence electrons. The smallest absolute Gasteiger partial charge is 0.265 e. The van der Waals surface area contributed by atoms with Gasteiger partial charge in [0.2, 0.25) is 5.71 Å². The highest BCUT2D eigenvalue weighted by Crippen LogP contribution is 2.22. The topological polar surface area (TPSA) is 80.4 Å². The summed E-state index contributed by atoms with van der Waals surface area (Å²) >= 11 is 0. The summed E-state index contributed by atoms with van der Waals surface area (Å²) in [6.07, 6.45) is 2.44. The van der Waals surface area contributed by atoms with Gasteiger partial charge in [-0.1, -0.05) is 29.8 Å².